The third-order valence-corrected chi connectivity index (χ3v) is 5.04. The zero-order valence-electron chi connectivity index (χ0n) is 12.9. The van der Waals surface area contributed by atoms with Crippen molar-refractivity contribution in [2.75, 3.05) is 6.54 Å². The van der Waals surface area contributed by atoms with E-state index >= 15 is 0 Å². The summed E-state index contributed by atoms with van der Waals surface area (Å²) < 4.78 is 1.80. The maximum absolute atomic E-state index is 12.7. The number of carboxylic acid groups (broad SMARTS) is 1. The van der Waals surface area contributed by atoms with Gasteiger partial charge in [0, 0.05) is 18.5 Å². The summed E-state index contributed by atoms with van der Waals surface area (Å²) in [4.78, 5) is 26.7. The number of carbonyl (C=O) groups is 2. The lowest BCUT2D eigenvalue weighted by Gasteiger charge is -2.19. The van der Waals surface area contributed by atoms with Crippen molar-refractivity contribution in [3.8, 4) is 0 Å². The zero-order valence-corrected chi connectivity index (χ0v) is 13.7. The quantitative estimate of drug-likeness (QED) is 0.918. The standard InChI is InChI=1S/C15H19N3O3S/c1-8(2)13-10-6-11(22-15(10)17(3)16-13)14(21)18(7-12(19)20)9-4-5-9/h6,8-9H,4-5,7H2,1-3H3,(H,19,20). The summed E-state index contributed by atoms with van der Waals surface area (Å²) >= 11 is 1.39. The smallest absolute Gasteiger partial charge is 0.323 e. The normalized spacial score (nSPS) is 14.7. The van der Waals surface area contributed by atoms with Crippen LogP contribution in [0, 0.1) is 0 Å². The van der Waals surface area contributed by atoms with Crippen LogP contribution in [0.1, 0.15) is 48.0 Å². The van der Waals surface area contributed by atoms with Gasteiger partial charge in [-0.15, -0.1) is 11.3 Å². The number of nitrogens with zero attached hydrogens (tertiary/aromatic N) is 3. The molecule has 0 saturated heterocycles. The number of hydrogen-bond donors (Lipinski definition) is 1. The molecular weight excluding hydrogens is 302 g/mol. The molecule has 7 heteroatoms. The van der Waals surface area contributed by atoms with E-state index in [-0.39, 0.29) is 24.4 Å². The van der Waals surface area contributed by atoms with Crippen molar-refractivity contribution in [3.63, 3.8) is 0 Å². The number of aryl methyl sites for hydroxylation is 1. The molecule has 1 aliphatic rings. The molecular formula is C15H19N3O3S. The van der Waals surface area contributed by atoms with Crippen LogP contribution in [0.25, 0.3) is 10.2 Å². The largest absolute Gasteiger partial charge is 0.480 e. The molecule has 2 aromatic heterocycles. The predicted octanol–water partition coefficient (Wildman–Crippen LogP) is 2.45. The van der Waals surface area contributed by atoms with Crippen molar-refractivity contribution in [2.24, 2.45) is 7.05 Å². The van der Waals surface area contributed by atoms with E-state index in [1.807, 2.05) is 13.1 Å². The highest BCUT2D eigenvalue weighted by Gasteiger charge is 2.35. The van der Waals surface area contributed by atoms with Gasteiger partial charge in [0.05, 0.1) is 10.6 Å². The summed E-state index contributed by atoms with van der Waals surface area (Å²) in [5, 5.41) is 14.5. The molecule has 1 amide bonds. The first-order valence-corrected chi connectivity index (χ1v) is 8.19. The number of aliphatic carboxylic acids is 1. The zero-order chi connectivity index (χ0) is 16.0. The molecule has 3 rings (SSSR count). The Labute approximate surface area is 132 Å². The van der Waals surface area contributed by atoms with Crippen LogP contribution in [-0.2, 0) is 11.8 Å². The van der Waals surface area contributed by atoms with E-state index in [4.69, 9.17) is 5.11 Å². The first-order valence-electron chi connectivity index (χ1n) is 7.37. The number of carboxylic acids is 1. The van der Waals surface area contributed by atoms with Gasteiger partial charge >= 0.3 is 5.97 Å². The third-order valence-electron chi connectivity index (χ3n) is 3.85. The Balaban J connectivity index is 1.96. The van der Waals surface area contributed by atoms with Gasteiger partial charge in [-0.05, 0) is 24.8 Å². The molecule has 0 aliphatic heterocycles. The van der Waals surface area contributed by atoms with Gasteiger partial charge in [-0.1, -0.05) is 13.8 Å². The van der Waals surface area contributed by atoms with Gasteiger partial charge in [-0.2, -0.15) is 5.10 Å². The Morgan fingerprint density at radius 3 is 2.73 bits per heavy atom. The monoisotopic (exact) mass is 321 g/mol. The average Bonchev–Trinajstić information content (AvgIpc) is 3.10. The first kappa shape index (κ1) is 15.0. The van der Waals surface area contributed by atoms with E-state index in [1.165, 1.54) is 16.2 Å². The molecule has 2 heterocycles. The summed E-state index contributed by atoms with van der Waals surface area (Å²) in [7, 11) is 1.87. The highest BCUT2D eigenvalue weighted by atomic mass is 32.1. The lowest BCUT2D eigenvalue weighted by molar-refractivity contribution is -0.137. The van der Waals surface area contributed by atoms with E-state index in [1.54, 1.807) is 4.68 Å². The van der Waals surface area contributed by atoms with Crippen molar-refractivity contribution in [1.82, 2.24) is 14.7 Å². The molecule has 22 heavy (non-hydrogen) atoms. The Morgan fingerprint density at radius 2 is 2.18 bits per heavy atom. The number of fused-ring (bicyclic) bond motifs is 1. The highest BCUT2D eigenvalue weighted by Crippen LogP contribution is 2.34. The topological polar surface area (TPSA) is 75.4 Å². The van der Waals surface area contributed by atoms with Crippen molar-refractivity contribution in [3.05, 3.63) is 16.6 Å². The molecule has 0 unspecified atom stereocenters. The van der Waals surface area contributed by atoms with Gasteiger partial charge in [0.15, 0.2) is 0 Å². The van der Waals surface area contributed by atoms with E-state index in [9.17, 15) is 9.59 Å². The summed E-state index contributed by atoms with van der Waals surface area (Å²) in [6, 6.07) is 1.94. The second-order valence-corrected chi connectivity index (χ2v) is 7.08. The predicted molar refractivity (Wildman–Crippen MR) is 84.4 cm³/mol. The highest BCUT2D eigenvalue weighted by molar-refractivity contribution is 7.20. The van der Waals surface area contributed by atoms with Crippen LogP contribution in [0.5, 0.6) is 0 Å². The van der Waals surface area contributed by atoms with Crippen LogP contribution in [0.4, 0.5) is 0 Å². The third kappa shape index (κ3) is 2.61. The van der Waals surface area contributed by atoms with Crippen LogP contribution in [-0.4, -0.2) is 44.3 Å². The van der Waals surface area contributed by atoms with E-state index in [0.29, 0.717) is 4.88 Å². The van der Waals surface area contributed by atoms with Gasteiger partial charge in [0.1, 0.15) is 11.4 Å². The molecule has 0 spiro atoms. The maximum Gasteiger partial charge on any atom is 0.323 e. The number of carbonyl (C=O) groups excluding carboxylic acids is 1. The number of amides is 1. The molecule has 118 valence electrons. The van der Waals surface area contributed by atoms with Crippen molar-refractivity contribution >= 4 is 33.4 Å². The van der Waals surface area contributed by atoms with Gasteiger partial charge in [-0.25, -0.2) is 0 Å². The fourth-order valence-electron chi connectivity index (χ4n) is 2.64. The van der Waals surface area contributed by atoms with Gasteiger partial charge in [0.2, 0.25) is 0 Å². The second kappa shape index (κ2) is 5.39. The molecule has 0 aromatic carbocycles. The minimum absolute atomic E-state index is 0.0801. The van der Waals surface area contributed by atoms with E-state index < -0.39 is 5.97 Å². The molecule has 1 N–H and O–H groups in total. The molecule has 1 fully saturated rings. The van der Waals surface area contributed by atoms with Crippen molar-refractivity contribution in [2.45, 2.75) is 38.6 Å². The average molecular weight is 321 g/mol. The van der Waals surface area contributed by atoms with Gasteiger partial charge in [-0.3, -0.25) is 14.3 Å². The minimum Gasteiger partial charge on any atom is -0.480 e. The van der Waals surface area contributed by atoms with Crippen molar-refractivity contribution < 1.29 is 14.7 Å². The number of hydrogen-bond acceptors (Lipinski definition) is 4. The van der Waals surface area contributed by atoms with Gasteiger partial charge < -0.3 is 10.0 Å². The molecule has 6 nitrogen and oxygen atoms in total. The summed E-state index contributed by atoms with van der Waals surface area (Å²) in [5.41, 5.74) is 0.976. The van der Waals surface area contributed by atoms with Crippen LogP contribution < -0.4 is 0 Å². The second-order valence-electron chi connectivity index (χ2n) is 6.05. The fraction of sp³-hybridized carbons (Fsp3) is 0.533. The Kier molecular flexibility index (Phi) is 3.68. The number of rotatable bonds is 5. The first-order chi connectivity index (χ1) is 10.4. The molecule has 1 aliphatic carbocycles. The number of aromatic nitrogens is 2. The Bertz CT molecular complexity index is 743. The van der Waals surface area contributed by atoms with Crippen LogP contribution in [0.15, 0.2) is 6.07 Å². The molecule has 0 atom stereocenters. The molecule has 1 saturated carbocycles. The van der Waals surface area contributed by atoms with Crippen molar-refractivity contribution in [1.29, 1.82) is 0 Å². The van der Waals surface area contributed by atoms with E-state index in [2.05, 4.69) is 18.9 Å². The lowest BCUT2D eigenvalue weighted by atomic mass is 10.1. The Hall–Kier alpha value is -1.89. The van der Waals surface area contributed by atoms with Crippen LogP contribution in [0.2, 0.25) is 0 Å². The number of thiophene rings is 1. The summed E-state index contributed by atoms with van der Waals surface area (Å²) in [6.45, 7) is 3.91. The Morgan fingerprint density at radius 1 is 1.50 bits per heavy atom. The van der Waals surface area contributed by atoms with Gasteiger partial charge in [0.25, 0.3) is 5.91 Å². The fourth-order valence-corrected chi connectivity index (χ4v) is 3.67. The molecule has 2 aromatic rings. The van der Waals surface area contributed by atoms with E-state index in [0.717, 1.165) is 28.8 Å². The summed E-state index contributed by atoms with van der Waals surface area (Å²) in [6.07, 6.45) is 1.78. The SMILES string of the molecule is CC(C)c1nn(C)c2sc(C(=O)N(CC(=O)O)C3CC3)cc12. The summed E-state index contributed by atoms with van der Waals surface area (Å²) in [5.74, 6) is -0.869. The maximum atomic E-state index is 12.7. The van der Waals surface area contributed by atoms with Crippen LogP contribution in [0.3, 0.4) is 0 Å². The minimum atomic E-state index is -0.967. The lowest BCUT2D eigenvalue weighted by Crippen LogP contribution is -2.37. The molecule has 0 radical (unpaired) electrons. The molecule has 0 bridgehead atoms. The van der Waals surface area contributed by atoms with Crippen LogP contribution >= 0.6 is 11.3 Å².